The zero-order valence-corrected chi connectivity index (χ0v) is 11.4. The largest absolute Gasteiger partial charge is 0.376 e. The Hall–Kier alpha value is -1.56. The fourth-order valence-electron chi connectivity index (χ4n) is 2.93. The van der Waals surface area contributed by atoms with Crippen molar-refractivity contribution < 1.29 is 18.3 Å². The molecule has 0 bridgehead atoms. The van der Waals surface area contributed by atoms with Gasteiger partial charge >= 0.3 is 0 Å². The number of amides is 1. The van der Waals surface area contributed by atoms with Gasteiger partial charge in [-0.15, -0.1) is 0 Å². The molecule has 1 N–H and O–H groups in total. The van der Waals surface area contributed by atoms with Gasteiger partial charge in [0.15, 0.2) is 0 Å². The number of ether oxygens (including phenoxy) is 1. The Morgan fingerprint density at radius 3 is 2.70 bits per heavy atom. The smallest absolute Gasteiger partial charge is 0.240 e. The molecule has 3 heterocycles. The van der Waals surface area contributed by atoms with Crippen molar-refractivity contribution in [3.8, 4) is 0 Å². The maximum atomic E-state index is 12.9. The molecule has 6 heteroatoms. The first-order chi connectivity index (χ1) is 9.37. The number of aryl methyl sites for hydroxylation is 1. The van der Waals surface area contributed by atoms with Gasteiger partial charge in [-0.05, 0) is 19.9 Å². The number of halogens is 2. The summed E-state index contributed by atoms with van der Waals surface area (Å²) in [6.07, 6.45) is -3.09. The van der Waals surface area contributed by atoms with Crippen LogP contribution in [0.3, 0.4) is 0 Å². The van der Waals surface area contributed by atoms with E-state index in [9.17, 15) is 13.6 Å². The molecule has 1 aromatic heterocycles. The summed E-state index contributed by atoms with van der Waals surface area (Å²) >= 11 is 0. The first-order valence-corrected chi connectivity index (χ1v) is 6.54. The number of carbonyl (C=O) groups is 1. The summed E-state index contributed by atoms with van der Waals surface area (Å²) in [6.45, 7) is 4.05. The van der Waals surface area contributed by atoms with E-state index in [1.54, 1.807) is 6.92 Å². The van der Waals surface area contributed by atoms with Crippen LogP contribution < -0.4 is 5.32 Å². The molecule has 1 saturated heterocycles. The minimum Gasteiger partial charge on any atom is -0.376 e. The molecule has 1 amide bonds. The quantitative estimate of drug-likeness (QED) is 0.897. The monoisotopic (exact) mass is 282 g/mol. The van der Waals surface area contributed by atoms with E-state index >= 15 is 0 Å². The Kier molecular flexibility index (Phi) is 2.83. The molecule has 1 unspecified atom stereocenters. The highest BCUT2D eigenvalue weighted by molar-refractivity contribution is 5.90. The highest BCUT2D eigenvalue weighted by Gasteiger charge is 2.55. The third-order valence-corrected chi connectivity index (χ3v) is 4.19. The summed E-state index contributed by atoms with van der Waals surface area (Å²) in [6, 6.07) is 3.70. The lowest BCUT2D eigenvalue weighted by Gasteiger charge is -2.50. The van der Waals surface area contributed by atoms with Crippen LogP contribution in [-0.4, -0.2) is 30.5 Å². The summed E-state index contributed by atoms with van der Waals surface area (Å²) in [7, 11) is 0. The molecule has 4 nitrogen and oxygen atoms in total. The van der Waals surface area contributed by atoms with Gasteiger partial charge in [-0.3, -0.25) is 9.78 Å². The standard InChI is InChI=1S/C14H16F2N2O2/c1-8-3-4-9-11(17-8)13(2,5-10(15)16)12(19)18-14(9)6-20-7-14/h3-4,10H,5-7H2,1-2H3,(H,18,19). The molecule has 0 aromatic carbocycles. The van der Waals surface area contributed by atoms with Crippen molar-refractivity contribution in [3.05, 3.63) is 29.1 Å². The molecular weight excluding hydrogens is 266 g/mol. The summed E-state index contributed by atoms with van der Waals surface area (Å²) in [5, 5.41) is 2.86. The minimum absolute atomic E-state index is 0.362. The Morgan fingerprint density at radius 2 is 2.15 bits per heavy atom. The van der Waals surface area contributed by atoms with Crippen molar-refractivity contribution in [2.75, 3.05) is 13.2 Å². The lowest BCUT2D eigenvalue weighted by Crippen LogP contribution is -2.67. The summed E-state index contributed by atoms with van der Waals surface area (Å²) < 4.78 is 31.0. The topological polar surface area (TPSA) is 51.2 Å². The van der Waals surface area contributed by atoms with Crippen LogP contribution in [0.25, 0.3) is 0 Å². The van der Waals surface area contributed by atoms with Crippen LogP contribution in [0.2, 0.25) is 0 Å². The van der Waals surface area contributed by atoms with Gasteiger partial charge in [0, 0.05) is 17.7 Å². The molecular formula is C14H16F2N2O2. The van der Waals surface area contributed by atoms with Crippen molar-refractivity contribution in [1.82, 2.24) is 10.3 Å². The van der Waals surface area contributed by atoms with E-state index in [2.05, 4.69) is 10.3 Å². The second-order valence-electron chi connectivity index (χ2n) is 5.81. The minimum atomic E-state index is -2.56. The van der Waals surface area contributed by atoms with Gasteiger partial charge in [0.1, 0.15) is 5.54 Å². The van der Waals surface area contributed by atoms with Gasteiger partial charge in [0.05, 0.1) is 24.3 Å². The van der Waals surface area contributed by atoms with Gasteiger partial charge in [-0.1, -0.05) is 6.07 Å². The van der Waals surface area contributed by atoms with Crippen LogP contribution in [0.5, 0.6) is 0 Å². The first-order valence-electron chi connectivity index (χ1n) is 6.54. The molecule has 1 spiro atoms. The molecule has 2 aliphatic rings. The number of pyridine rings is 1. The summed E-state index contributed by atoms with van der Waals surface area (Å²) in [4.78, 5) is 16.8. The average Bonchev–Trinajstić information content (AvgIpc) is 2.31. The van der Waals surface area contributed by atoms with Gasteiger partial charge in [-0.2, -0.15) is 0 Å². The van der Waals surface area contributed by atoms with Crippen molar-refractivity contribution in [2.24, 2.45) is 0 Å². The Labute approximate surface area is 115 Å². The summed E-state index contributed by atoms with van der Waals surface area (Å²) in [5.74, 6) is -0.397. The van der Waals surface area contributed by atoms with Gasteiger partial charge in [-0.25, -0.2) is 8.78 Å². The second kappa shape index (κ2) is 4.22. The number of rotatable bonds is 2. The molecule has 0 aliphatic carbocycles. The van der Waals surface area contributed by atoms with Crippen LogP contribution in [0.4, 0.5) is 8.78 Å². The first kappa shape index (κ1) is 13.4. The van der Waals surface area contributed by atoms with E-state index in [0.717, 1.165) is 5.56 Å². The number of alkyl halides is 2. The summed E-state index contributed by atoms with van der Waals surface area (Å²) in [5.41, 5.74) is 0.0988. The van der Waals surface area contributed by atoms with E-state index in [-0.39, 0.29) is 0 Å². The van der Waals surface area contributed by atoms with Gasteiger partial charge in [0.2, 0.25) is 12.3 Å². The van der Waals surface area contributed by atoms with Crippen LogP contribution in [0, 0.1) is 6.92 Å². The molecule has 3 rings (SSSR count). The molecule has 20 heavy (non-hydrogen) atoms. The zero-order valence-electron chi connectivity index (χ0n) is 11.4. The fraction of sp³-hybridized carbons (Fsp3) is 0.571. The van der Waals surface area contributed by atoms with Crippen molar-refractivity contribution in [1.29, 1.82) is 0 Å². The number of aromatic nitrogens is 1. The predicted molar refractivity (Wildman–Crippen MR) is 67.6 cm³/mol. The normalized spacial score (nSPS) is 27.1. The number of nitrogens with one attached hydrogen (secondary N) is 1. The number of hydrogen-bond acceptors (Lipinski definition) is 3. The lowest BCUT2D eigenvalue weighted by molar-refractivity contribution is -0.144. The number of hydrogen-bond donors (Lipinski definition) is 1. The van der Waals surface area contributed by atoms with E-state index in [1.807, 2.05) is 12.1 Å². The number of nitrogens with zero attached hydrogens (tertiary/aromatic N) is 1. The van der Waals surface area contributed by atoms with Crippen LogP contribution in [0.15, 0.2) is 12.1 Å². The Balaban J connectivity index is 2.17. The Morgan fingerprint density at radius 1 is 1.45 bits per heavy atom. The Bertz CT molecular complexity index is 572. The molecule has 1 atom stereocenters. The predicted octanol–water partition coefficient (Wildman–Crippen LogP) is 1.66. The second-order valence-corrected chi connectivity index (χ2v) is 5.81. The maximum absolute atomic E-state index is 12.9. The average molecular weight is 282 g/mol. The van der Waals surface area contributed by atoms with Crippen LogP contribution >= 0.6 is 0 Å². The van der Waals surface area contributed by atoms with E-state index in [0.29, 0.717) is 24.6 Å². The third kappa shape index (κ3) is 1.74. The van der Waals surface area contributed by atoms with Crippen molar-refractivity contribution in [3.63, 3.8) is 0 Å². The molecule has 108 valence electrons. The van der Waals surface area contributed by atoms with Gasteiger partial charge < -0.3 is 10.1 Å². The number of fused-ring (bicyclic) bond motifs is 2. The van der Waals surface area contributed by atoms with E-state index in [4.69, 9.17) is 4.74 Å². The number of carbonyl (C=O) groups excluding carboxylic acids is 1. The van der Waals surface area contributed by atoms with Crippen LogP contribution in [0.1, 0.15) is 30.3 Å². The van der Waals surface area contributed by atoms with E-state index in [1.165, 1.54) is 6.92 Å². The highest BCUT2D eigenvalue weighted by Crippen LogP contribution is 2.43. The molecule has 0 saturated carbocycles. The molecule has 0 radical (unpaired) electrons. The fourth-order valence-corrected chi connectivity index (χ4v) is 2.93. The molecule has 1 fully saturated rings. The van der Waals surface area contributed by atoms with Crippen molar-refractivity contribution >= 4 is 5.91 Å². The lowest BCUT2D eigenvalue weighted by atomic mass is 9.70. The van der Waals surface area contributed by atoms with Gasteiger partial charge in [0.25, 0.3) is 0 Å². The molecule has 1 aromatic rings. The SMILES string of the molecule is Cc1ccc2c(n1)C(C)(CC(F)F)C(=O)NC21COC1. The zero-order chi connectivity index (χ0) is 14.5. The highest BCUT2D eigenvalue weighted by atomic mass is 19.3. The maximum Gasteiger partial charge on any atom is 0.240 e. The van der Waals surface area contributed by atoms with Crippen LogP contribution in [-0.2, 0) is 20.5 Å². The third-order valence-electron chi connectivity index (χ3n) is 4.19. The molecule has 2 aliphatic heterocycles. The van der Waals surface area contributed by atoms with Crippen molar-refractivity contribution in [2.45, 2.75) is 37.6 Å². The van der Waals surface area contributed by atoms with E-state index < -0.39 is 29.7 Å².